The lowest BCUT2D eigenvalue weighted by Crippen LogP contribution is -2.07. The maximum atomic E-state index is 12.8. The van der Waals surface area contributed by atoms with Gasteiger partial charge in [-0.1, -0.05) is 47.5 Å². The van der Waals surface area contributed by atoms with Gasteiger partial charge in [0, 0.05) is 44.3 Å². The molecule has 4 nitrogen and oxygen atoms in total. The van der Waals surface area contributed by atoms with Crippen LogP contribution in [0.5, 0.6) is 0 Å². The summed E-state index contributed by atoms with van der Waals surface area (Å²) in [6.45, 7) is 0. The lowest BCUT2D eigenvalue weighted by molar-refractivity contribution is 1.36. The van der Waals surface area contributed by atoms with E-state index in [-0.39, 0.29) is 10.9 Å². The first-order valence-corrected chi connectivity index (χ1v) is 9.99. The third kappa shape index (κ3) is 3.30. The highest BCUT2D eigenvalue weighted by atomic mass is 35.5. The summed E-state index contributed by atoms with van der Waals surface area (Å²) in [5.41, 5.74) is 3.95. The monoisotopic (exact) mass is 432 g/mol. The van der Waals surface area contributed by atoms with Crippen molar-refractivity contribution in [2.75, 3.05) is 0 Å². The first-order valence-electron chi connectivity index (χ1n) is 9.24. The van der Waals surface area contributed by atoms with Gasteiger partial charge in [-0.15, -0.1) is 0 Å². The van der Waals surface area contributed by atoms with Crippen molar-refractivity contribution in [1.82, 2.24) is 9.97 Å². The predicted molar refractivity (Wildman–Crippen MR) is 124 cm³/mol. The smallest absolute Gasteiger partial charge is 0.190 e. The average molecular weight is 433 g/mol. The van der Waals surface area contributed by atoms with E-state index in [9.17, 15) is 9.59 Å². The van der Waals surface area contributed by atoms with E-state index in [0.717, 1.165) is 11.1 Å². The van der Waals surface area contributed by atoms with E-state index in [1.165, 1.54) is 0 Å². The molecule has 6 heteroatoms. The molecule has 2 N–H and O–H groups in total. The van der Waals surface area contributed by atoms with E-state index < -0.39 is 0 Å². The van der Waals surface area contributed by atoms with E-state index >= 15 is 0 Å². The maximum Gasteiger partial charge on any atom is 0.190 e. The SMILES string of the molecule is O=c1cc(-c2ccc(Cl)cc2)[nH]c2cc3c(=O)cc(-c4ccc(Cl)cc4)[nH]c3cc12. The van der Waals surface area contributed by atoms with Gasteiger partial charge in [-0.05, 0) is 47.5 Å². The Morgan fingerprint density at radius 1 is 0.533 bits per heavy atom. The zero-order chi connectivity index (χ0) is 20.8. The molecule has 0 saturated heterocycles. The van der Waals surface area contributed by atoms with E-state index in [4.69, 9.17) is 23.2 Å². The van der Waals surface area contributed by atoms with Crippen LogP contribution in [0, 0.1) is 0 Å². The van der Waals surface area contributed by atoms with Crippen molar-refractivity contribution < 1.29 is 0 Å². The first-order chi connectivity index (χ1) is 14.5. The van der Waals surface area contributed by atoms with Gasteiger partial charge in [0.05, 0.1) is 11.0 Å². The summed E-state index contributed by atoms with van der Waals surface area (Å²) in [5.74, 6) is 0. The van der Waals surface area contributed by atoms with Crippen LogP contribution in [0.15, 0.2) is 82.4 Å². The van der Waals surface area contributed by atoms with Gasteiger partial charge in [0.1, 0.15) is 0 Å². The number of rotatable bonds is 2. The van der Waals surface area contributed by atoms with Gasteiger partial charge in [-0.3, -0.25) is 9.59 Å². The third-order valence-corrected chi connectivity index (χ3v) is 5.59. The molecular weight excluding hydrogens is 419 g/mol. The molecular formula is C24H14Cl2N2O2. The van der Waals surface area contributed by atoms with Gasteiger partial charge in [0.2, 0.25) is 0 Å². The standard InChI is InChI=1S/C24H14Cl2N2O2/c25-15-5-1-13(2-6-15)19-11-23(29)17-10-22-18(9-21(17)27-19)24(30)12-20(28-22)14-3-7-16(26)8-4-14/h1-12H,(H,27,29)(H,28,30). The third-order valence-electron chi connectivity index (χ3n) is 5.09. The fourth-order valence-electron chi connectivity index (χ4n) is 3.56. The summed E-state index contributed by atoms with van der Waals surface area (Å²) >= 11 is 11.9. The Morgan fingerprint density at radius 3 is 1.27 bits per heavy atom. The number of fused-ring (bicyclic) bond motifs is 2. The summed E-state index contributed by atoms with van der Waals surface area (Å²) in [4.78, 5) is 32.1. The molecule has 0 unspecified atom stereocenters. The van der Waals surface area contributed by atoms with Crippen molar-refractivity contribution in [2.45, 2.75) is 0 Å². The van der Waals surface area contributed by atoms with Crippen LogP contribution < -0.4 is 10.9 Å². The Morgan fingerprint density at radius 2 is 0.900 bits per heavy atom. The maximum absolute atomic E-state index is 12.8. The molecule has 2 heterocycles. The van der Waals surface area contributed by atoms with Crippen LogP contribution in [0.1, 0.15) is 0 Å². The lowest BCUT2D eigenvalue weighted by atomic mass is 10.1. The van der Waals surface area contributed by atoms with Crippen LogP contribution in [0.2, 0.25) is 10.0 Å². The minimum atomic E-state index is -0.131. The second-order valence-electron chi connectivity index (χ2n) is 7.05. The molecule has 0 fully saturated rings. The van der Waals surface area contributed by atoms with Crippen LogP contribution in [0.25, 0.3) is 44.3 Å². The molecule has 0 aliphatic rings. The van der Waals surface area contributed by atoms with Crippen molar-refractivity contribution in [3.05, 3.63) is 103 Å². The van der Waals surface area contributed by atoms with Gasteiger partial charge in [0.25, 0.3) is 0 Å². The van der Waals surface area contributed by atoms with Crippen LogP contribution in [0.3, 0.4) is 0 Å². The number of aromatic nitrogens is 2. The van der Waals surface area contributed by atoms with Crippen LogP contribution >= 0.6 is 23.2 Å². The van der Waals surface area contributed by atoms with Gasteiger partial charge in [0.15, 0.2) is 10.9 Å². The Hall–Kier alpha value is -3.34. The Balaban J connectivity index is 1.71. The Kier molecular flexibility index (Phi) is 4.46. The molecule has 0 bridgehead atoms. The molecule has 146 valence electrons. The van der Waals surface area contributed by atoms with Gasteiger partial charge in [-0.25, -0.2) is 0 Å². The van der Waals surface area contributed by atoms with Crippen LogP contribution in [-0.4, -0.2) is 9.97 Å². The highest BCUT2D eigenvalue weighted by Gasteiger charge is 2.10. The number of pyridine rings is 2. The normalized spacial score (nSPS) is 11.3. The number of aromatic amines is 2. The van der Waals surface area contributed by atoms with Crippen molar-refractivity contribution in [3.8, 4) is 22.5 Å². The minimum Gasteiger partial charge on any atom is -0.354 e. The average Bonchev–Trinajstić information content (AvgIpc) is 2.74. The van der Waals surface area contributed by atoms with Crippen LogP contribution in [0.4, 0.5) is 0 Å². The molecule has 0 atom stereocenters. The molecule has 0 aliphatic carbocycles. The van der Waals surface area contributed by atoms with Crippen molar-refractivity contribution in [1.29, 1.82) is 0 Å². The fourth-order valence-corrected chi connectivity index (χ4v) is 3.82. The molecule has 0 saturated carbocycles. The molecule has 0 radical (unpaired) electrons. The fraction of sp³-hybridized carbons (Fsp3) is 0. The van der Waals surface area contributed by atoms with E-state index in [1.807, 2.05) is 24.3 Å². The highest BCUT2D eigenvalue weighted by Crippen LogP contribution is 2.25. The molecule has 3 aromatic carbocycles. The number of hydrogen-bond donors (Lipinski definition) is 2. The topological polar surface area (TPSA) is 65.7 Å². The van der Waals surface area contributed by atoms with Crippen molar-refractivity contribution >= 4 is 45.0 Å². The number of hydrogen-bond acceptors (Lipinski definition) is 2. The molecule has 5 aromatic rings. The largest absolute Gasteiger partial charge is 0.354 e. The van der Waals surface area contributed by atoms with Crippen molar-refractivity contribution in [2.24, 2.45) is 0 Å². The second kappa shape index (κ2) is 7.17. The molecule has 0 spiro atoms. The molecule has 0 amide bonds. The number of nitrogens with one attached hydrogen (secondary N) is 2. The zero-order valence-corrected chi connectivity index (χ0v) is 17.0. The van der Waals surface area contributed by atoms with Gasteiger partial charge in [-0.2, -0.15) is 0 Å². The second-order valence-corrected chi connectivity index (χ2v) is 7.92. The zero-order valence-electron chi connectivity index (χ0n) is 15.5. The number of benzene rings is 3. The number of H-pyrrole nitrogens is 2. The minimum absolute atomic E-state index is 0.131. The molecule has 5 rings (SSSR count). The van der Waals surface area contributed by atoms with Crippen LogP contribution in [-0.2, 0) is 0 Å². The van der Waals surface area contributed by atoms with Gasteiger partial charge < -0.3 is 9.97 Å². The highest BCUT2D eigenvalue weighted by molar-refractivity contribution is 6.30. The summed E-state index contributed by atoms with van der Waals surface area (Å²) in [7, 11) is 0. The predicted octanol–water partition coefficient (Wildman–Crippen LogP) is 6.01. The summed E-state index contributed by atoms with van der Waals surface area (Å²) in [6.07, 6.45) is 0. The quantitative estimate of drug-likeness (QED) is 0.335. The Bertz CT molecular complexity index is 1410. The van der Waals surface area contributed by atoms with E-state index in [2.05, 4.69) is 9.97 Å². The lowest BCUT2D eigenvalue weighted by Gasteiger charge is -2.08. The summed E-state index contributed by atoms with van der Waals surface area (Å²) in [6, 6.07) is 21.0. The van der Waals surface area contributed by atoms with E-state index in [1.54, 1.807) is 48.5 Å². The molecule has 0 aliphatic heterocycles. The summed E-state index contributed by atoms with van der Waals surface area (Å²) in [5, 5.41) is 2.25. The van der Waals surface area contributed by atoms with Gasteiger partial charge >= 0.3 is 0 Å². The number of halogens is 2. The van der Waals surface area contributed by atoms with Crippen molar-refractivity contribution in [3.63, 3.8) is 0 Å². The summed E-state index contributed by atoms with van der Waals surface area (Å²) < 4.78 is 0. The molecule has 30 heavy (non-hydrogen) atoms. The first kappa shape index (κ1) is 18.7. The van der Waals surface area contributed by atoms with E-state index in [0.29, 0.717) is 43.2 Å². The molecule has 2 aromatic heterocycles. The Labute approximate surface area is 180 Å².